The van der Waals surface area contributed by atoms with Crippen molar-refractivity contribution in [3.05, 3.63) is 94.8 Å². The van der Waals surface area contributed by atoms with E-state index in [1.165, 1.54) is 0 Å². The van der Waals surface area contributed by atoms with Crippen molar-refractivity contribution in [1.29, 1.82) is 0 Å². The van der Waals surface area contributed by atoms with Gasteiger partial charge in [-0.3, -0.25) is 9.59 Å². The van der Waals surface area contributed by atoms with E-state index < -0.39 is 0 Å². The Labute approximate surface area is 169 Å². The van der Waals surface area contributed by atoms with Crippen LogP contribution in [-0.4, -0.2) is 23.9 Å². The van der Waals surface area contributed by atoms with Crippen LogP contribution in [0.15, 0.2) is 66.7 Å². The lowest BCUT2D eigenvalue weighted by Gasteiger charge is -2.08. The van der Waals surface area contributed by atoms with Crippen LogP contribution in [0, 0.1) is 6.92 Å². The number of amides is 2. The number of hydrogen-bond donors (Lipinski definition) is 2. The van der Waals surface area contributed by atoms with Crippen LogP contribution in [0.25, 0.3) is 0 Å². The fraction of sp³-hybridized carbons (Fsp3) is 0.174. The van der Waals surface area contributed by atoms with E-state index in [2.05, 4.69) is 15.6 Å². The standard InChI is InChI=1S/C23H23N3O3/c1-16-5-3-6-18(13-16)15-25-23(28)21-8-4-7-20(26-21)22(27)24-14-17-9-11-19(29-2)12-10-17/h3-13H,14-15H2,1-2H3,(H,24,27)(H,25,28). The maximum absolute atomic E-state index is 12.4. The van der Waals surface area contributed by atoms with Gasteiger partial charge in [0.1, 0.15) is 17.1 Å². The van der Waals surface area contributed by atoms with Crippen molar-refractivity contribution in [3.8, 4) is 5.75 Å². The monoisotopic (exact) mass is 389 g/mol. The highest BCUT2D eigenvalue weighted by molar-refractivity contribution is 5.96. The Kier molecular flexibility index (Phi) is 6.58. The third kappa shape index (κ3) is 5.65. The molecule has 2 amide bonds. The highest BCUT2D eigenvalue weighted by atomic mass is 16.5. The number of rotatable bonds is 7. The third-order valence-electron chi connectivity index (χ3n) is 4.36. The van der Waals surface area contributed by atoms with Crippen molar-refractivity contribution in [2.24, 2.45) is 0 Å². The van der Waals surface area contributed by atoms with Crippen LogP contribution in [0.3, 0.4) is 0 Å². The summed E-state index contributed by atoms with van der Waals surface area (Å²) in [5, 5.41) is 5.64. The molecule has 148 valence electrons. The first kappa shape index (κ1) is 20.1. The number of pyridine rings is 1. The van der Waals surface area contributed by atoms with Gasteiger partial charge in [-0.2, -0.15) is 0 Å². The summed E-state index contributed by atoms with van der Waals surface area (Å²) in [6.07, 6.45) is 0. The van der Waals surface area contributed by atoms with Crippen molar-refractivity contribution in [2.75, 3.05) is 7.11 Å². The third-order valence-corrected chi connectivity index (χ3v) is 4.36. The quantitative estimate of drug-likeness (QED) is 0.650. The molecule has 0 saturated carbocycles. The van der Waals surface area contributed by atoms with Gasteiger partial charge >= 0.3 is 0 Å². The van der Waals surface area contributed by atoms with Crippen LogP contribution in [0.2, 0.25) is 0 Å². The van der Waals surface area contributed by atoms with Crippen LogP contribution in [0.1, 0.15) is 37.7 Å². The number of ether oxygens (including phenoxy) is 1. The van der Waals surface area contributed by atoms with E-state index in [-0.39, 0.29) is 23.2 Å². The Morgan fingerprint density at radius 2 is 1.41 bits per heavy atom. The number of aromatic nitrogens is 1. The van der Waals surface area contributed by atoms with Gasteiger partial charge in [0.2, 0.25) is 0 Å². The molecular weight excluding hydrogens is 366 g/mol. The van der Waals surface area contributed by atoms with Gasteiger partial charge < -0.3 is 15.4 Å². The van der Waals surface area contributed by atoms with Gasteiger partial charge in [-0.25, -0.2) is 4.98 Å². The molecule has 1 heterocycles. The van der Waals surface area contributed by atoms with Crippen LogP contribution in [0.4, 0.5) is 0 Å². The van der Waals surface area contributed by atoms with Gasteiger partial charge in [0, 0.05) is 13.1 Å². The summed E-state index contributed by atoms with van der Waals surface area (Å²) in [7, 11) is 1.60. The van der Waals surface area contributed by atoms with Gasteiger partial charge in [-0.1, -0.05) is 48.0 Å². The zero-order valence-corrected chi connectivity index (χ0v) is 16.4. The Balaban J connectivity index is 1.58. The zero-order valence-electron chi connectivity index (χ0n) is 16.4. The second kappa shape index (κ2) is 9.50. The van der Waals surface area contributed by atoms with Crippen molar-refractivity contribution in [2.45, 2.75) is 20.0 Å². The Hall–Kier alpha value is -3.67. The molecule has 0 spiro atoms. The molecule has 0 bridgehead atoms. The van der Waals surface area contributed by atoms with Crippen molar-refractivity contribution in [3.63, 3.8) is 0 Å². The highest BCUT2D eigenvalue weighted by Gasteiger charge is 2.12. The van der Waals surface area contributed by atoms with Crippen LogP contribution in [-0.2, 0) is 13.1 Å². The Morgan fingerprint density at radius 1 is 0.828 bits per heavy atom. The molecule has 0 saturated heterocycles. The van der Waals surface area contributed by atoms with Crippen molar-refractivity contribution in [1.82, 2.24) is 15.6 Å². The number of benzene rings is 2. The van der Waals surface area contributed by atoms with Crippen molar-refractivity contribution < 1.29 is 14.3 Å². The minimum absolute atomic E-state index is 0.196. The molecule has 1 aromatic heterocycles. The number of aryl methyl sites for hydroxylation is 1. The average Bonchev–Trinajstić information content (AvgIpc) is 2.76. The lowest BCUT2D eigenvalue weighted by molar-refractivity contribution is 0.0941. The summed E-state index contributed by atoms with van der Waals surface area (Å²) in [5.41, 5.74) is 3.47. The van der Waals surface area contributed by atoms with Gasteiger partial charge in [-0.15, -0.1) is 0 Å². The molecule has 0 radical (unpaired) electrons. The SMILES string of the molecule is COc1ccc(CNC(=O)c2cccc(C(=O)NCc3cccc(C)c3)n2)cc1. The number of carbonyl (C=O) groups is 2. The Morgan fingerprint density at radius 3 is 2.00 bits per heavy atom. The molecule has 29 heavy (non-hydrogen) atoms. The molecule has 3 aromatic rings. The van der Waals surface area contributed by atoms with Gasteiger partial charge in [-0.05, 0) is 42.3 Å². The van der Waals surface area contributed by atoms with E-state index in [0.717, 1.165) is 22.4 Å². The summed E-state index contributed by atoms with van der Waals surface area (Å²) in [6.45, 7) is 2.76. The van der Waals surface area contributed by atoms with E-state index in [1.54, 1.807) is 25.3 Å². The molecule has 0 aliphatic heterocycles. The summed E-state index contributed by atoms with van der Waals surface area (Å²) >= 11 is 0. The lowest BCUT2D eigenvalue weighted by atomic mass is 10.1. The molecule has 6 heteroatoms. The molecular formula is C23H23N3O3. The molecule has 2 N–H and O–H groups in total. The maximum atomic E-state index is 12.4. The number of hydrogen-bond acceptors (Lipinski definition) is 4. The number of methoxy groups -OCH3 is 1. The highest BCUT2D eigenvalue weighted by Crippen LogP contribution is 2.11. The molecule has 0 fully saturated rings. The second-order valence-electron chi connectivity index (χ2n) is 6.61. The van der Waals surface area contributed by atoms with Gasteiger partial charge in [0.25, 0.3) is 11.8 Å². The normalized spacial score (nSPS) is 10.3. The first-order valence-corrected chi connectivity index (χ1v) is 9.27. The fourth-order valence-corrected chi connectivity index (χ4v) is 2.80. The summed E-state index contributed by atoms with van der Waals surface area (Å²) < 4.78 is 5.12. The second-order valence-corrected chi connectivity index (χ2v) is 6.61. The Bertz CT molecular complexity index is 1000. The number of carbonyl (C=O) groups excluding carboxylic acids is 2. The van der Waals surface area contributed by atoms with E-state index in [0.29, 0.717) is 13.1 Å². The molecule has 0 aliphatic rings. The van der Waals surface area contributed by atoms with E-state index >= 15 is 0 Å². The topological polar surface area (TPSA) is 80.3 Å². The first-order chi connectivity index (χ1) is 14.0. The molecule has 0 atom stereocenters. The minimum atomic E-state index is -0.339. The predicted octanol–water partition coefficient (Wildman–Crippen LogP) is 3.26. The van der Waals surface area contributed by atoms with E-state index in [4.69, 9.17) is 4.74 Å². The lowest BCUT2D eigenvalue weighted by Crippen LogP contribution is -2.27. The summed E-state index contributed by atoms with van der Waals surface area (Å²) in [4.78, 5) is 29.0. The predicted molar refractivity (Wildman–Crippen MR) is 111 cm³/mol. The fourth-order valence-electron chi connectivity index (χ4n) is 2.80. The molecule has 2 aromatic carbocycles. The summed E-state index contributed by atoms with van der Waals surface area (Å²) in [6, 6.07) is 20.1. The van der Waals surface area contributed by atoms with Gasteiger partial charge in [0.05, 0.1) is 7.11 Å². The van der Waals surface area contributed by atoms with Crippen LogP contribution < -0.4 is 15.4 Å². The van der Waals surface area contributed by atoms with Crippen LogP contribution >= 0.6 is 0 Å². The maximum Gasteiger partial charge on any atom is 0.270 e. The number of nitrogens with zero attached hydrogens (tertiary/aromatic N) is 1. The molecule has 0 unspecified atom stereocenters. The molecule has 3 rings (SSSR count). The van der Waals surface area contributed by atoms with Crippen molar-refractivity contribution >= 4 is 11.8 Å². The van der Waals surface area contributed by atoms with Gasteiger partial charge in [0.15, 0.2) is 0 Å². The van der Waals surface area contributed by atoms with Crippen LogP contribution in [0.5, 0.6) is 5.75 Å². The average molecular weight is 389 g/mol. The number of nitrogens with one attached hydrogen (secondary N) is 2. The molecule has 0 aliphatic carbocycles. The zero-order chi connectivity index (χ0) is 20.6. The largest absolute Gasteiger partial charge is 0.497 e. The smallest absolute Gasteiger partial charge is 0.270 e. The minimum Gasteiger partial charge on any atom is -0.497 e. The van der Waals surface area contributed by atoms with E-state index in [1.807, 2.05) is 55.5 Å². The first-order valence-electron chi connectivity index (χ1n) is 9.27. The summed E-state index contributed by atoms with van der Waals surface area (Å²) in [5.74, 6) is 0.0941. The molecule has 6 nitrogen and oxygen atoms in total. The van der Waals surface area contributed by atoms with E-state index in [9.17, 15) is 9.59 Å².